The number of hydrazone groups is 1. The van der Waals surface area contributed by atoms with Gasteiger partial charge in [0.25, 0.3) is 0 Å². The fourth-order valence-electron chi connectivity index (χ4n) is 2.38. The molecule has 3 aromatic rings. The lowest BCUT2D eigenvalue weighted by Crippen LogP contribution is -2.14. The van der Waals surface area contributed by atoms with Crippen molar-refractivity contribution in [3.8, 4) is 22.5 Å². The van der Waals surface area contributed by atoms with Gasteiger partial charge in [-0.25, -0.2) is 13.6 Å². The summed E-state index contributed by atoms with van der Waals surface area (Å²) in [5.74, 6) is 0.127. The fourth-order valence-corrected chi connectivity index (χ4v) is 3.13. The predicted molar refractivity (Wildman–Crippen MR) is 97.3 cm³/mol. The maximum atomic E-state index is 12.0. The predicted octanol–water partition coefficient (Wildman–Crippen LogP) is 1.23. The summed E-state index contributed by atoms with van der Waals surface area (Å²) < 4.78 is 24.0. The number of sulfonamides is 1. The van der Waals surface area contributed by atoms with Crippen molar-refractivity contribution in [2.75, 3.05) is 5.43 Å². The average molecular weight is 370 g/mol. The van der Waals surface area contributed by atoms with E-state index >= 15 is 0 Å². The van der Waals surface area contributed by atoms with Gasteiger partial charge in [-0.2, -0.15) is 10.3 Å². The van der Waals surface area contributed by atoms with E-state index in [1.165, 1.54) is 12.3 Å². The van der Waals surface area contributed by atoms with Crippen LogP contribution in [0.15, 0.2) is 52.5 Å². The van der Waals surface area contributed by atoms with E-state index in [4.69, 9.17) is 10.5 Å². The third kappa shape index (κ3) is 3.63. The van der Waals surface area contributed by atoms with Crippen LogP contribution in [0, 0.1) is 5.41 Å². The second-order valence-electron chi connectivity index (χ2n) is 5.09. The lowest BCUT2D eigenvalue weighted by atomic mass is 9.99. The molecule has 0 aliphatic rings. The van der Waals surface area contributed by atoms with Crippen LogP contribution in [-0.2, 0) is 10.0 Å². The first-order valence-electron chi connectivity index (χ1n) is 7.29. The molecule has 0 radical (unpaired) electrons. The lowest BCUT2D eigenvalue weighted by molar-refractivity contribution is 0.598. The highest BCUT2D eigenvalue weighted by molar-refractivity contribution is 7.89. The second kappa shape index (κ2) is 7.21. The zero-order chi connectivity index (χ0) is 18.6. The monoisotopic (exact) mass is 370 g/mol. The van der Waals surface area contributed by atoms with Crippen LogP contribution in [0.1, 0.15) is 0 Å². The number of rotatable bonds is 6. The Morgan fingerprint density at radius 1 is 1.19 bits per heavy atom. The molecular formula is C15H14N8O2S. The van der Waals surface area contributed by atoms with Gasteiger partial charge in [-0.05, 0) is 34.5 Å². The van der Waals surface area contributed by atoms with Gasteiger partial charge in [-0.1, -0.05) is 24.3 Å². The molecule has 0 amide bonds. The van der Waals surface area contributed by atoms with E-state index in [9.17, 15) is 8.42 Å². The SMILES string of the molecule is N=C/C=N\Nc1ccc(-c2cccc(S(N)(=O)=O)c2-c2nn[nH]n2)cc1. The summed E-state index contributed by atoms with van der Waals surface area (Å²) in [6.07, 6.45) is 2.36. The van der Waals surface area contributed by atoms with E-state index in [2.05, 4.69) is 31.2 Å². The van der Waals surface area contributed by atoms with Gasteiger partial charge in [0.15, 0.2) is 0 Å². The van der Waals surface area contributed by atoms with Crippen LogP contribution in [0.25, 0.3) is 22.5 Å². The number of hydrogen-bond donors (Lipinski definition) is 4. The highest BCUT2D eigenvalue weighted by atomic mass is 32.2. The van der Waals surface area contributed by atoms with Crippen LogP contribution in [0.4, 0.5) is 5.69 Å². The van der Waals surface area contributed by atoms with Crippen molar-refractivity contribution in [3.63, 3.8) is 0 Å². The molecule has 1 aromatic heterocycles. The minimum atomic E-state index is -3.99. The molecule has 2 aromatic carbocycles. The number of anilines is 1. The summed E-state index contributed by atoms with van der Waals surface area (Å²) in [5.41, 5.74) is 5.06. The van der Waals surface area contributed by atoms with Crippen molar-refractivity contribution in [2.24, 2.45) is 10.2 Å². The smallest absolute Gasteiger partial charge is 0.238 e. The summed E-state index contributed by atoms with van der Waals surface area (Å²) in [6.45, 7) is 0. The van der Waals surface area contributed by atoms with E-state index in [1.54, 1.807) is 36.4 Å². The maximum absolute atomic E-state index is 12.0. The molecular weight excluding hydrogens is 356 g/mol. The Kier molecular flexibility index (Phi) is 4.82. The van der Waals surface area contributed by atoms with Gasteiger partial charge in [0.05, 0.1) is 22.4 Å². The summed E-state index contributed by atoms with van der Waals surface area (Å²) in [4.78, 5) is -0.0887. The van der Waals surface area contributed by atoms with E-state index in [0.717, 1.165) is 11.8 Å². The van der Waals surface area contributed by atoms with Gasteiger partial charge in [0.2, 0.25) is 15.8 Å². The minimum absolute atomic E-state index is 0.0887. The van der Waals surface area contributed by atoms with Crippen molar-refractivity contribution in [1.82, 2.24) is 20.6 Å². The summed E-state index contributed by atoms with van der Waals surface area (Å²) >= 11 is 0. The van der Waals surface area contributed by atoms with Gasteiger partial charge in [-0.15, -0.1) is 10.2 Å². The third-order valence-corrected chi connectivity index (χ3v) is 4.39. The van der Waals surface area contributed by atoms with Gasteiger partial charge in [0.1, 0.15) is 0 Å². The number of hydrogen-bond acceptors (Lipinski definition) is 8. The van der Waals surface area contributed by atoms with Gasteiger partial charge >= 0.3 is 0 Å². The second-order valence-corrected chi connectivity index (χ2v) is 6.62. The molecule has 10 nitrogen and oxygen atoms in total. The molecule has 11 heteroatoms. The molecule has 0 aliphatic heterocycles. The molecule has 5 N–H and O–H groups in total. The summed E-state index contributed by atoms with van der Waals surface area (Å²) in [5, 5.41) is 29.6. The van der Waals surface area contributed by atoms with E-state index in [0.29, 0.717) is 11.3 Å². The number of nitrogens with two attached hydrogens (primary N) is 1. The van der Waals surface area contributed by atoms with Crippen LogP contribution >= 0.6 is 0 Å². The third-order valence-electron chi connectivity index (χ3n) is 3.44. The standard InChI is InChI=1S/C15H14N8O2S/c16-8-9-18-19-11-6-4-10(5-7-11)12-2-1-3-13(26(17,24)25)14(12)15-20-22-23-21-15/h1-9,16,19H,(H2,17,24,25)(H,20,21,22,23)/b16-8?,18-9-. The summed E-state index contributed by atoms with van der Waals surface area (Å²) in [7, 11) is -3.99. The van der Waals surface area contributed by atoms with Gasteiger partial charge in [0, 0.05) is 6.21 Å². The Morgan fingerprint density at radius 3 is 2.58 bits per heavy atom. The molecule has 3 rings (SSSR count). The number of nitrogens with zero attached hydrogens (tertiary/aromatic N) is 4. The Morgan fingerprint density at radius 2 is 1.96 bits per heavy atom. The number of H-pyrrole nitrogens is 1. The quantitative estimate of drug-likeness (QED) is 0.376. The zero-order valence-electron chi connectivity index (χ0n) is 13.3. The van der Waals surface area contributed by atoms with Crippen molar-refractivity contribution < 1.29 is 8.42 Å². The van der Waals surface area contributed by atoms with E-state index in [1.807, 2.05) is 0 Å². The Bertz CT molecular complexity index is 1040. The molecule has 0 fully saturated rings. The number of primary sulfonamides is 1. The Balaban J connectivity index is 2.11. The van der Waals surface area contributed by atoms with Crippen molar-refractivity contribution in [2.45, 2.75) is 4.90 Å². The van der Waals surface area contributed by atoms with Crippen LogP contribution in [0.3, 0.4) is 0 Å². The maximum Gasteiger partial charge on any atom is 0.238 e. The normalized spacial score (nSPS) is 11.6. The molecule has 0 atom stereocenters. The zero-order valence-corrected chi connectivity index (χ0v) is 14.1. The molecule has 0 unspecified atom stereocenters. The first-order valence-corrected chi connectivity index (χ1v) is 8.83. The minimum Gasteiger partial charge on any atom is -0.307 e. The molecule has 26 heavy (non-hydrogen) atoms. The Labute approximate surface area is 148 Å². The number of benzene rings is 2. The molecule has 0 aliphatic carbocycles. The average Bonchev–Trinajstić information content (AvgIpc) is 3.15. The molecule has 0 saturated heterocycles. The van der Waals surface area contributed by atoms with Crippen molar-refractivity contribution in [1.29, 1.82) is 5.41 Å². The molecule has 132 valence electrons. The fraction of sp³-hybridized carbons (Fsp3) is 0. The van der Waals surface area contributed by atoms with Crippen LogP contribution < -0.4 is 10.6 Å². The van der Waals surface area contributed by atoms with E-state index in [-0.39, 0.29) is 16.3 Å². The molecule has 0 saturated carbocycles. The van der Waals surface area contributed by atoms with Crippen LogP contribution in [0.5, 0.6) is 0 Å². The first-order chi connectivity index (χ1) is 12.5. The van der Waals surface area contributed by atoms with Gasteiger partial charge < -0.3 is 5.41 Å². The molecule has 0 spiro atoms. The first kappa shape index (κ1) is 17.4. The number of tetrazole rings is 1. The largest absolute Gasteiger partial charge is 0.307 e. The van der Waals surface area contributed by atoms with Gasteiger partial charge in [-0.3, -0.25) is 5.43 Å². The summed E-state index contributed by atoms with van der Waals surface area (Å²) in [6, 6.07) is 11.8. The molecule has 1 heterocycles. The Hall–Kier alpha value is -3.44. The lowest BCUT2D eigenvalue weighted by Gasteiger charge is -2.11. The number of nitrogens with one attached hydrogen (secondary N) is 3. The van der Waals surface area contributed by atoms with Crippen molar-refractivity contribution in [3.05, 3.63) is 42.5 Å². The highest BCUT2D eigenvalue weighted by Gasteiger charge is 2.22. The number of aromatic amines is 1. The topological polar surface area (TPSA) is 163 Å². The molecule has 0 bridgehead atoms. The van der Waals surface area contributed by atoms with Crippen LogP contribution in [0.2, 0.25) is 0 Å². The van der Waals surface area contributed by atoms with Crippen LogP contribution in [-0.4, -0.2) is 41.5 Å². The van der Waals surface area contributed by atoms with E-state index < -0.39 is 10.0 Å². The number of aromatic nitrogens is 4. The highest BCUT2D eigenvalue weighted by Crippen LogP contribution is 2.35. The van der Waals surface area contributed by atoms with Crippen molar-refractivity contribution >= 4 is 28.1 Å².